The summed E-state index contributed by atoms with van der Waals surface area (Å²) in [5.74, 6) is -1.26. The lowest BCUT2D eigenvalue weighted by atomic mass is 10.1. The summed E-state index contributed by atoms with van der Waals surface area (Å²) in [6.45, 7) is 6.79. The Kier molecular flexibility index (Phi) is 6.34. The number of carbonyl (C=O) groups is 2. The Morgan fingerprint density at radius 3 is 2.47 bits per heavy atom. The molecule has 2 aromatic carbocycles. The van der Waals surface area contributed by atoms with Crippen molar-refractivity contribution in [1.82, 2.24) is 0 Å². The van der Waals surface area contributed by atoms with Gasteiger partial charge >= 0.3 is 5.97 Å². The molecule has 158 valence electrons. The zero-order valence-corrected chi connectivity index (χ0v) is 17.3. The van der Waals surface area contributed by atoms with Crippen molar-refractivity contribution in [3.8, 4) is 0 Å². The van der Waals surface area contributed by atoms with Crippen LogP contribution in [0.25, 0.3) is 0 Å². The number of anilines is 2. The van der Waals surface area contributed by atoms with Gasteiger partial charge in [0, 0.05) is 24.8 Å². The monoisotopic (exact) mass is 411 g/mol. The van der Waals surface area contributed by atoms with Crippen LogP contribution in [0.4, 0.5) is 17.1 Å². The summed E-state index contributed by atoms with van der Waals surface area (Å²) in [5.41, 5.74) is 3.00. The topological polar surface area (TPSA) is 102 Å². The van der Waals surface area contributed by atoms with Gasteiger partial charge in [-0.25, -0.2) is 4.79 Å². The number of ether oxygens (including phenoxy) is 1. The largest absolute Gasteiger partial charge is 0.449 e. The molecule has 0 bridgehead atoms. The van der Waals surface area contributed by atoms with Gasteiger partial charge in [0.15, 0.2) is 6.10 Å². The van der Waals surface area contributed by atoms with Crippen molar-refractivity contribution in [2.45, 2.75) is 39.7 Å². The number of esters is 1. The third-order valence-corrected chi connectivity index (χ3v) is 5.15. The van der Waals surface area contributed by atoms with Crippen molar-refractivity contribution < 1.29 is 19.2 Å². The van der Waals surface area contributed by atoms with Gasteiger partial charge in [-0.1, -0.05) is 17.7 Å². The lowest BCUT2D eigenvalue weighted by Crippen LogP contribution is -2.30. The van der Waals surface area contributed by atoms with Gasteiger partial charge in [0.25, 0.3) is 11.6 Å². The second-order valence-electron chi connectivity index (χ2n) is 7.51. The van der Waals surface area contributed by atoms with Crippen LogP contribution < -0.4 is 10.2 Å². The van der Waals surface area contributed by atoms with Crippen LogP contribution >= 0.6 is 0 Å². The molecule has 1 fully saturated rings. The SMILES string of the molecule is Cc1ccc(NC(=O)C(C)OC(=O)c2ccc(N3CCCC3)c([N+](=O)[O-])c2)c(C)c1. The van der Waals surface area contributed by atoms with E-state index in [1.807, 2.05) is 30.9 Å². The Balaban J connectivity index is 1.70. The molecule has 1 heterocycles. The number of nitrogens with one attached hydrogen (secondary N) is 1. The van der Waals surface area contributed by atoms with Crippen molar-refractivity contribution >= 4 is 28.9 Å². The highest BCUT2D eigenvalue weighted by Gasteiger charge is 2.26. The molecule has 0 aromatic heterocycles. The molecule has 1 unspecified atom stereocenters. The molecule has 8 heteroatoms. The minimum Gasteiger partial charge on any atom is -0.449 e. The van der Waals surface area contributed by atoms with Crippen LogP contribution in [0.2, 0.25) is 0 Å². The lowest BCUT2D eigenvalue weighted by Gasteiger charge is -2.18. The molecule has 0 spiro atoms. The maximum absolute atomic E-state index is 12.5. The fraction of sp³-hybridized carbons (Fsp3) is 0.364. The molecule has 8 nitrogen and oxygen atoms in total. The summed E-state index contributed by atoms with van der Waals surface area (Å²) >= 11 is 0. The van der Waals surface area contributed by atoms with Gasteiger partial charge < -0.3 is 15.0 Å². The predicted molar refractivity (Wildman–Crippen MR) is 114 cm³/mol. The Hall–Kier alpha value is -3.42. The van der Waals surface area contributed by atoms with Gasteiger partial charge in [0.1, 0.15) is 5.69 Å². The normalized spacial score (nSPS) is 14.3. The highest BCUT2D eigenvalue weighted by molar-refractivity contribution is 5.98. The lowest BCUT2D eigenvalue weighted by molar-refractivity contribution is -0.384. The second kappa shape index (κ2) is 8.94. The average molecular weight is 411 g/mol. The minimum atomic E-state index is -1.06. The summed E-state index contributed by atoms with van der Waals surface area (Å²) in [6.07, 6.45) is 0.901. The van der Waals surface area contributed by atoms with E-state index in [1.165, 1.54) is 19.1 Å². The van der Waals surface area contributed by atoms with E-state index in [1.54, 1.807) is 12.1 Å². The third-order valence-electron chi connectivity index (χ3n) is 5.15. The van der Waals surface area contributed by atoms with Crippen molar-refractivity contribution in [3.05, 3.63) is 63.2 Å². The number of nitro groups is 1. The molecular weight excluding hydrogens is 386 g/mol. The van der Waals surface area contributed by atoms with Crippen LogP contribution in [0.1, 0.15) is 41.3 Å². The maximum Gasteiger partial charge on any atom is 0.339 e. The fourth-order valence-electron chi connectivity index (χ4n) is 3.49. The first-order chi connectivity index (χ1) is 14.3. The van der Waals surface area contributed by atoms with E-state index in [-0.39, 0.29) is 11.3 Å². The molecule has 0 aliphatic carbocycles. The van der Waals surface area contributed by atoms with E-state index in [4.69, 9.17) is 4.74 Å². The van der Waals surface area contributed by atoms with Gasteiger partial charge in [0.2, 0.25) is 0 Å². The average Bonchev–Trinajstić information content (AvgIpc) is 3.24. The molecule has 1 atom stereocenters. The van der Waals surface area contributed by atoms with Crippen molar-refractivity contribution in [2.24, 2.45) is 0 Å². The number of rotatable bonds is 6. The predicted octanol–water partition coefficient (Wildman–Crippen LogP) is 4.00. The first kappa shape index (κ1) is 21.3. The molecule has 0 radical (unpaired) electrons. The number of aryl methyl sites for hydroxylation is 2. The molecule has 1 amide bonds. The molecule has 1 aliphatic rings. The number of benzene rings is 2. The van der Waals surface area contributed by atoms with Crippen molar-refractivity contribution in [2.75, 3.05) is 23.3 Å². The van der Waals surface area contributed by atoms with Gasteiger partial charge in [0.05, 0.1) is 10.5 Å². The minimum absolute atomic E-state index is 0.0378. The Labute approximate surface area is 175 Å². The number of amides is 1. The Morgan fingerprint density at radius 2 is 1.83 bits per heavy atom. The van der Waals surface area contributed by atoms with Crippen LogP contribution in [0.5, 0.6) is 0 Å². The number of nitrogens with zero attached hydrogens (tertiary/aromatic N) is 2. The van der Waals surface area contributed by atoms with E-state index in [9.17, 15) is 19.7 Å². The maximum atomic E-state index is 12.5. The van der Waals surface area contributed by atoms with Crippen LogP contribution in [-0.4, -0.2) is 36.0 Å². The fourth-order valence-corrected chi connectivity index (χ4v) is 3.49. The van der Waals surface area contributed by atoms with Crippen LogP contribution in [0, 0.1) is 24.0 Å². The number of hydrogen-bond donors (Lipinski definition) is 1. The number of nitro benzene ring substituents is 1. The van der Waals surface area contributed by atoms with Gasteiger partial charge in [-0.05, 0) is 57.4 Å². The van der Waals surface area contributed by atoms with E-state index < -0.39 is 22.9 Å². The first-order valence-corrected chi connectivity index (χ1v) is 9.88. The smallest absolute Gasteiger partial charge is 0.339 e. The van der Waals surface area contributed by atoms with Gasteiger partial charge in [-0.3, -0.25) is 14.9 Å². The number of carbonyl (C=O) groups excluding carboxylic acids is 2. The van der Waals surface area contributed by atoms with Crippen LogP contribution in [0.15, 0.2) is 36.4 Å². The highest BCUT2D eigenvalue weighted by atomic mass is 16.6. The highest BCUT2D eigenvalue weighted by Crippen LogP contribution is 2.32. The van der Waals surface area contributed by atoms with E-state index in [2.05, 4.69) is 5.32 Å². The Bertz CT molecular complexity index is 983. The zero-order chi connectivity index (χ0) is 21.8. The van der Waals surface area contributed by atoms with Crippen LogP contribution in [-0.2, 0) is 9.53 Å². The third kappa shape index (κ3) is 4.76. The summed E-state index contributed by atoms with van der Waals surface area (Å²) in [5, 5.41) is 14.2. The van der Waals surface area contributed by atoms with Gasteiger partial charge in [-0.15, -0.1) is 0 Å². The molecule has 2 aromatic rings. The summed E-state index contributed by atoms with van der Waals surface area (Å²) in [7, 11) is 0. The van der Waals surface area contributed by atoms with E-state index in [0.717, 1.165) is 37.1 Å². The quantitative estimate of drug-likeness (QED) is 0.438. The van der Waals surface area contributed by atoms with Gasteiger partial charge in [-0.2, -0.15) is 0 Å². The van der Waals surface area contributed by atoms with Crippen LogP contribution in [0.3, 0.4) is 0 Å². The molecule has 1 saturated heterocycles. The van der Waals surface area contributed by atoms with E-state index in [0.29, 0.717) is 11.4 Å². The molecule has 1 N–H and O–H groups in total. The molecular formula is C22H25N3O5. The summed E-state index contributed by atoms with van der Waals surface area (Å²) < 4.78 is 5.25. The standard InChI is InChI=1S/C22H25N3O5/c1-14-6-8-18(15(2)12-14)23-21(26)16(3)30-22(27)17-7-9-19(20(13-17)25(28)29)24-10-4-5-11-24/h6-9,12-13,16H,4-5,10-11H2,1-3H3,(H,23,26). The van der Waals surface area contributed by atoms with Crippen molar-refractivity contribution in [1.29, 1.82) is 0 Å². The first-order valence-electron chi connectivity index (χ1n) is 9.88. The molecule has 1 aliphatic heterocycles. The molecule has 30 heavy (non-hydrogen) atoms. The number of hydrogen-bond acceptors (Lipinski definition) is 6. The molecule has 3 rings (SSSR count). The second-order valence-corrected chi connectivity index (χ2v) is 7.51. The molecule has 0 saturated carbocycles. The van der Waals surface area contributed by atoms with Crippen molar-refractivity contribution in [3.63, 3.8) is 0 Å². The summed E-state index contributed by atoms with van der Waals surface area (Å²) in [6, 6.07) is 9.88. The summed E-state index contributed by atoms with van der Waals surface area (Å²) in [4.78, 5) is 37.9. The van der Waals surface area contributed by atoms with E-state index >= 15 is 0 Å². The Morgan fingerprint density at radius 1 is 1.13 bits per heavy atom. The zero-order valence-electron chi connectivity index (χ0n) is 17.3.